The Morgan fingerprint density at radius 1 is 0.377 bits per heavy atom. The highest BCUT2D eigenvalue weighted by Crippen LogP contribution is 2.48. The fourth-order valence-corrected chi connectivity index (χ4v) is 9.45. The molecule has 11 rings (SSSR count). The summed E-state index contributed by atoms with van der Waals surface area (Å²) in [5.41, 5.74) is 9.92. The minimum atomic E-state index is 0.884. The molecule has 53 heavy (non-hydrogen) atoms. The van der Waals surface area contributed by atoms with Crippen LogP contribution in [0.5, 0.6) is 0 Å². The van der Waals surface area contributed by atoms with Crippen molar-refractivity contribution >= 4 is 92.1 Å². The van der Waals surface area contributed by atoms with E-state index in [0.29, 0.717) is 0 Å². The normalized spacial score (nSPS) is 11.8. The first-order chi connectivity index (χ1) is 26.3. The van der Waals surface area contributed by atoms with Gasteiger partial charge in [0, 0.05) is 53.3 Å². The Hall–Kier alpha value is -6.68. The molecule has 0 fully saturated rings. The molecule has 0 saturated heterocycles. The number of rotatable bonds is 5. The van der Waals surface area contributed by atoms with Gasteiger partial charge in [-0.15, -0.1) is 11.3 Å². The molecule has 2 heterocycles. The Morgan fingerprint density at radius 2 is 1.04 bits per heavy atom. The number of fused-ring (bicyclic) bond motifs is 9. The van der Waals surface area contributed by atoms with Gasteiger partial charge in [-0.2, -0.15) is 0 Å². The molecule has 0 aliphatic carbocycles. The van der Waals surface area contributed by atoms with E-state index in [2.05, 4.69) is 181 Å². The Kier molecular flexibility index (Phi) is 6.76. The summed E-state index contributed by atoms with van der Waals surface area (Å²) in [5, 5.41) is 9.70. The SMILES string of the molecule is c1ccc(-c2ccc(N(c3ccc4oc5ccccc5c4c3)c3cc4ccccc4c4ccccc34)cc2-c2cccc3c2sc2ccccc23)cc1. The molecule has 2 nitrogen and oxygen atoms in total. The second-order valence-corrected chi connectivity index (χ2v) is 14.7. The molecular formula is C50H31NOS. The van der Waals surface area contributed by atoms with Crippen LogP contribution in [0.4, 0.5) is 17.1 Å². The molecule has 2 aromatic heterocycles. The first kappa shape index (κ1) is 30.0. The van der Waals surface area contributed by atoms with E-state index < -0.39 is 0 Å². The summed E-state index contributed by atoms with van der Waals surface area (Å²) in [5.74, 6) is 0. The van der Waals surface area contributed by atoms with Crippen LogP contribution in [-0.4, -0.2) is 0 Å². The molecule has 0 spiro atoms. The molecule has 0 atom stereocenters. The van der Waals surface area contributed by atoms with Crippen LogP contribution in [0.2, 0.25) is 0 Å². The molecule has 3 heteroatoms. The van der Waals surface area contributed by atoms with E-state index in [4.69, 9.17) is 4.42 Å². The topological polar surface area (TPSA) is 16.4 Å². The van der Waals surface area contributed by atoms with Crippen molar-refractivity contribution in [1.82, 2.24) is 0 Å². The number of thiophene rings is 1. The van der Waals surface area contributed by atoms with Gasteiger partial charge in [0.1, 0.15) is 11.2 Å². The molecule has 0 aliphatic rings. The summed E-state index contributed by atoms with van der Waals surface area (Å²) in [6, 6.07) is 68.1. The third-order valence-electron chi connectivity index (χ3n) is 10.6. The lowest BCUT2D eigenvalue weighted by molar-refractivity contribution is 0.669. The van der Waals surface area contributed by atoms with E-state index in [9.17, 15) is 0 Å². The van der Waals surface area contributed by atoms with Crippen LogP contribution >= 0.6 is 11.3 Å². The number of anilines is 3. The summed E-state index contributed by atoms with van der Waals surface area (Å²) >= 11 is 1.88. The van der Waals surface area contributed by atoms with Crippen molar-refractivity contribution in [3.63, 3.8) is 0 Å². The van der Waals surface area contributed by atoms with Crippen LogP contribution in [0.15, 0.2) is 192 Å². The summed E-state index contributed by atoms with van der Waals surface area (Å²) in [6.45, 7) is 0. The minimum Gasteiger partial charge on any atom is -0.456 e. The number of benzene rings is 9. The zero-order valence-electron chi connectivity index (χ0n) is 28.7. The van der Waals surface area contributed by atoms with Crippen molar-refractivity contribution in [2.75, 3.05) is 4.90 Å². The van der Waals surface area contributed by atoms with Crippen molar-refractivity contribution in [3.05, 3.63) is 188 Å². The van der Waals surface area contributed by atoms with Gasteiger partial charge in [-0.25, -0.2) is 0 Å². The van der Waals surface area contributed by atoms with E-state index in [0.717, 1.165) is 39.0 Å². The highest BCUT2D eigenvalue weighted by molar-refractivity contribution is 7.26. The van der Waals surface area contributed by atoms with Crippen LogP contribution in [0.1, 0.15) is 0 Å². The Bertz CT molecular complexity index is 3190. The number of furan rings is 1. The maximum atomic E-state index is 6.32. The van der Waals surface area contributed by atoms with Gasteiger partial charge in [-0.3, -0.25) is 0 Å². The number of para-hydroxylation sites is 1. The van der Waals surface area contributed by atoms with Gasteiger partial charge >= 0.3 is 0 Å². The van der Waals surface area contributed by atoms with Crippen LogP contribution in [0, 0.1) is 0 Å². The van der Waals surface area contributed by atoms with Gasteiger partial charge in [0.15, 0.2) is 0 Å². The van der Waals surface area contributed by atoms with E-state index in [1.165, 1.54) is 64.0 Å². The third kappa shape index (κ3) is 4.78. The third-order valence-corrected chi connectivity index (χ3v) is 11.9. The molecular weight excluding hydrogens is 663 g/mol. The molecule has 0 bridgehead atoms. The number of hydrogen-bond donors (Lipinski definition) is 0. The molecule has 0 N–H and O–H groups in total. The second-order valence-electron chi connectivity index (χ2n) is 13.7. The first-order valence-corrected chi connectivity index (χ1v) is 18.8. The first-order valence-electron chi connectivity index (χ1n) is 18.0. The van der Waals surface area contributed by atoms with E-state index in [-0.39, 0.29) is 0 Å². The molecule has 0 saturated carbocycles. The quantitative estimate of drug-likeness (QED) is 0.167. The standard InChI is InChI=1S/C50H31NOS/c1-2-13-32(14-3-1)37-27-25-34(30-44(37)43-22-12-21-42-41-20-9-11-24-49(41)53-50(42)43)51(35-26-28-48-45(31-35)40-19-8-10-23-47(40)52-48)46-29-33-15-4-5-16-36(33)38-17-6-7-18-39(38)46/h1-31H. The highest BCUT2D eigenvalue weighted by Gasteiger charge is 2.22. The zero-order valence-corrected chi connectivity index (χ0v) is 29.5. The molecule has 0 unspecified atom stereocenters. The average Bonchev–Trinajstić information content (AvgIpc) is 3.80. The van der Waals surface area contributed by atoms with Crippen molar-refractivity contribution in [2.45, 2.75) is 0 Å². The molecule has 11 aromatic rings. The predicted octanol–water partition coefficient (Wildman–Crippen LogP) is 15.1. The fraction of sp³-hybridized carbons (Fsp3) is 0. The number of hydrogen-bond acceptors (Lipinski definition) is 3. The van der Waals surface area contributed by atoms with Crippen LogP contribution in [-0.2, 0) is 0 Å². The van der Waals surface area contributed by atoms with Crippen LogP contribution in [0.3, 0.4) is 0 Å². The largest absolute Gasteiger partial charge is 0.456 e. The smallest absolute Gasteiger partial charge is 0.135 e. The maximum absolute atomic E-state index is 6.32. The summed E-state index contributed by atoms with van der Waals surface area (Å²) < 4.78 is 8.92. The van der Waals surface area contributed by atoms with Crippen LogP contribution < -0.4 is 4.90 Å². The lowest BCUT2D eigenvalue weighted by Gasteiger charge is -2.29. The maximum Gasteiger partial charge on any atom is 0.135 e. The fourth-order valence-electron chi connectivity index (χ4n) is 8.22. The lowest BCUT2D eigenvalue weighted by atomic mass is 9.92. The van der Waals surface area contributed by atoms with Crippen molar-refractivity contribution in [1.29, 1.82) is 0 Å². The zero-order chi connectivity index (χ0) is 34.9. The Labute approximate surface area is 310 Å². The molecule has 248 valence electrons. The van der Waals surface area contributed by atoms with E-state index in [1.54, 1.807) is 0 Å². The van der Waals surface area contributed by atoms with Crippen molar-refractivity contribution < 1.29 is 4.42 Å². The average molecular weight is 694 g/mol. The number of nitrogens with zero attached hydrogens (tertiary/aromatic N) is 1. The van der Waals surface area contributed by atoms with E-state index in [1.807, 2.05) is 23.5 Å². The van der Waals surface area contributed by atoms with Gasteiger partial charge in [0.05, 0.1) is 5.69 Å². The van der Waals surface area contributed by atoms with Gasteiger partial charge in [-0.1, -0.05) is 140 Å². The van der Waals surface area contributed by atoms with Crippen LogP contribution in [0.25, 0.3) is 85.9 Å². The lowest BCUT2D eigenvalue weighted by Crippen LogP contribution is -2.11. The summed E-state index contributed by atoms with van der Waals surface area (Å²) in [4.78, 5) is 2.44. The second kappa shape index (κ2) is 11.9. The highest BCUT2D eigenvalue weighted by atomic mass is 32.1. The molecule has 9 aromatic carbocycles. The Balaban J connectivity index is 1.23. The summed E-state index contributed by atoms with van der Waals surface area (Å²) in [6.07, 6.45) is 0. The Morgan fingerprint density at radius 3 is 1.92 bits per heavy atom. The van der Waals surface area contributed by atoms with Gasteiger partial charge in [0.25, 0.3) is 0 Å². The van der Waals surface area contributed by atoms with Crippen molar-refractivity contribution in [3.8, 4) is 22.3 Å². The molecule has 0 amide bonds. The monoisotopic (exact) mass is 693 g/mol. The van der Waals surface area contributed by atoms with Gasteiger partial charge in [0.2, 0.25) is 0 Å². The van der Waals surface area contributed by atoms with Crippen molar-refractivity contribution in [2.24, 2.45) is 0 Å². The molecule has 0 radical (unpaired) electrons. The van der Waals surface area contributed by atoms with Gasteiger partial charge < -0.3 is 9.32 Å². The van der Waals surface area contributed by atoms with E-state index >= 15 is 0 Å². The summed E-state index contributed by atoms with van der Waals surface area (Å²) in [7, 11) is 0. The molecule has 0 aliphatic heterocycles. The predicted molar refractivity (Wildman–Crippen MR) is 227 cm³/mol. The minimum absolute atomic E-state index is 0.884. The van der Waals surface area contributed by atoms with Gasteiger partial charge in [-0.05, 0) is 81.4 Å².